The van der Waals surface area contributed by atoms with Crippen molar-refractivity contribution in [3.63, 3.8) is 0 Å². The molecule has 1 heterocycles. The van der Waals surface area contributed by atoms with Crippen molar-refractivity contribution in [2.45, 2.75) is 6.92 Å². The lowest BCUT2D eigenvalue weighted by atomic mass is 10.1. The Labute approximate surface area is 209 Å². The highest BCUT2D eigenvalue weighted by Gasteiger charge is 2.29. The van der Waals surface area contributed by atoms with Crippen molar-refractivity contribution in [2.24, 2.45) is 5.10 Å². The van der Waals surface area contributed by atoms with Crippen molar-refractivity contribution in [1.82, 2.24) is 0 Å². The lowest BCUT2D eigenvalue weighted by Crippen LogP contribution is -2.22. The molecule has 176 valence electrons. The summed E-state index contributed by atoms with van der Waals surface area (Å²) >= 11 is 3.43. The second kappa shape index (κ2) is 10.4. The quantitative estimate of drug-likeness (QED) is 0.416. The van der Waals surface area contributed by atoms with Gasteiger partial charge in [0, 0.05) is 15.7 Å². The van der Waals surface area contributed by atoms with Gasteiger partial charge in [-0.2, -0.15) is 10.1 Å². The fourth-order valence-corrected chi connectivity index (χ4v) is 3.79. The van der Waals surface area contributed by atoms with Gasteiger partial charge in [-0.3, -0.25) is 9.59 Å². The summed E-state index contributed by atoms with van der Waals surface area (Å²) in [6.07, 6.45) is 1.64. The highest BCUT2D eigenvalue weighted by molar-refractivity contribution is 9.10. The van der Waals surface area contributed by atoms with Crippen LogP contribution in [0.25, 0.3) is 6.08 Å². The Morgan fingerprint density at radius 2 is 1.86 bits per heavy atom. The van der Waals surface area contributed by atoms with Crippen LogP contribution in [0.5, 0.6) is 5.75 Å². The minimum absolute atomic E-state index is 0.0528. The van der Waals surface area contributed by atoms with Gasteiger partial charge in [-0.25, -0.2) is 4.79 Å². The fourth-order valence-electron chi connectivity index (χ4n) is 3.41. The molecule has 1 aliphatic rings. The molecule has 3 aromatic carbocycles. The molecule has 0 atom stereocenters. The summed E-state index contributed by atoms with van der Waals surface area (Å²) in [4.78, 5) is 36.8. The van der Waals surface area contributed by atoms with Gasteiger partial charge in [0.05, 0.1) is 22.5 Å². The molecule has 0 bridgehead atoms. The van der Waals surface area contributed by atoms with E-state index in [0.717, 1.165) is 4.47 Å². The number of carbonyl (C=O) groups is 3. The summed E-state index contributed by atoms with van der Waals surface area (Å²) < 4.78 is 6.51. The first-order chi connectivity index (χ1) is 16.8. The summed E-state index contributed by atoms with van der Waals surface area (Å²) in [7, 11) is 0. The van der Waals surface area contributed by atoms with E-state index in [-0.39, 0.29) is 18.1 Å². The van der Waals surface area contributed by atoms with Crippen molar-refractivity contribution in [3.8, 4) is 5.75 Å². The van der Waals surface area contributed by atoms with E-state index < -0.39 is 11.9 Å². The summed E-state index contributed by atoms with van der Waals surface area (Å²) in [5.74, 6) is -1.41. The summed E-state index contributed by atoms with van der Waals surface area (Å²) in [5, 5.41) is 17.5. The molecular formula is C26H20BrN3O5. The Balaban J connectivity index is 1.55. The number of nitrogens with one attached hydrogen (secondary N) is 1. The fraction of sp³-hybridized carbons (Fsp3) is 0.0769. The first-order valence-electron chi connectivity index (χ1n) is 10.5. The Bertz CT molecular complexity index is 1370. The number of carboxylic acid groups (broad SMARTS) is 1. The van der Waals surface area contributed by atoms with E-state index in [2.05, 4.69) is 26.3 Å². The number of amides is 2. The number of aromatic carboxylic acids is 1. The van der Waals surface area contributed by atoms with E-state index in [1.54, 1.807) is 55.5 Å². The van der Waals surface area contributed by atoms with Crippen LogP contribution in [0, 0.1) is 0 Å². The van der Waals surface area contributed by atoms with E-state index in [1.165, 1.54) is 17.1 Å². The van der Waals surface area contributed by atoms with Gasteiger partial charge < -0.3 is 15.2 Å². The summed E-state index contributed by atoms with van der Waals surface area (Å²) in [5.41, 5.74) is 2.42. The molecule has 0 saturated carbocycles. The lowest BCUT2D eigenvalue weighted by Gasteiger charge is -2.13. The molecule has 0 saturated heterocycles. The number of halogens is 1. The molecule has 8 nitrogen and oxygen atoms in total. The highest BCUT2D eigenvalue weighted by Crippen LogP contribution is 2.30. The average molecular weight is 534 g/mol. The predicted molar refractivity (Wildman–Crippen MR) is 137 cm³/mol. The normalized spacial score (nSPS) is 14.1. The predicted octanol–water partition coefficient (Wildman–Crippen LogP) is 4.97. The molecule has 9 heteroatoms. The minimum Gasteiger partial charge on any atom is -0.483 e. The van der Waals surface area contributed by atoms with Gasteiger partial charge in [-0.15, -0.1) is 0 Å². The second-order valence-corrected chi connectivity index (χ2v) is 8.52. The SMILES string of the molecule is CC1=NN(c2cccc(C(=O)O)c2)C(=O)/C1=C\c1cc(Br)ccc1OCC(=O)Nc1ccccc1. The van der Waals surface area contributed by atoms with Gasteiger partial charge in [-0.1, -0.05) is 40.2 Å². The third kappa shape index (κ3) is 5.64. The van der Waals surface area contributed by atoms with Crippen molar-refractivity contribution in [3.05, 3.63) is 94.0 Å². The molecule has 0 aromatic heterocycles. The largest absolute Gasteiger partial charge is 0.483 e. The second-order valence-electron chi connectivity index (χ2n) is 7.60. The van der Waals surface area contributed by atoms with Crippen LogP contribution in [0.2, 0.25) is 0 Å². The van der Waals surface area contributed by atoms with Crippen LogP contribution in [-0.2, 0) is 9.59 Å². The van der Waals surface area contributed by atoms with Gasteiger partial charge >= 0.3 is 5.97 Å². The number of nitrogens with zero attached hydrogens (tertiary/aromatic N) is 2. The van der Waals surface area contributed by atoms with Crippen LogP contribution < -0.4 is 15.1 Å². The number of hydrogen-bond acceptors (Lipinski definition) is 5. The van der Waals surface area contributed by atoms with Crippen molar-refractivity contribution < 1.29 is 24.2 Å². The zero-order valence-corrected chi connectivity index (χ0v) is 20.2. The van der Waals surface area contributed by atoms with Crippen LogP contribution >= 0.6 is 15.9 Å². The first-order valence-corrected chi connectivity index (χ1v) is 11.3. The molecule has 0 unspecified atom stereocenters. The molecule has 0 fully saturated rings. The number of ether oxygens (including phenoxy) is 1. The van der Waals surface area contributed by atoms with Crippen molar-refractivity contribution in [1.29, 1.82) is 0 Å². The lowest BCUT2D eigenvalue weighted by molar-refractivity contribution is -0.118. The zero-order chi connectivity index (χ0) is 24.9. The topological polar surface area (TPSA) is 108 Å². The van der Waals surface area contributed by atoms with Crippen molar-refractivity contribution in [2.75, 3.05) is 16.9 Å². The number of para-hydroxylation sites is 1. The number of anilines is 2. The van der Waals surface area contributed by atoms with Crippen LogP contribution in [0.3, 0.4) is 0 Å². The first kappa shape index (κ1) is 23.9. The standard InChI is InChI=1S/C26H20BrN3O5/c1-16-22(25(32)30(29-16)21-9-5-6-17(13-21)26(33)34)14-18-12-19(27)10-11-23(18)35-15-24(31)28-20-7-3-2-4-8-20/h2-14H,15H2,1H3,(H,28,31)(H,33,34)/b22-14-. The molecule has 0 radical (unpaired) electrons. The third-order valence-electron chi connectivity index (χ3n) is 5.09. The Morgan fingerprint density at radius 1 is 1.09 bits per heavy atom. The summed E-state index contributed by atoms with van der Waals surface area (Å²) in [6.45, 7) is 1.47. The summed E-state index contributed by atoms with van der Waals surface area (Å²) in [6, 6.07) is 20.3. The van der Waals surface area contributed by atoms with E-state index >= 15 is 0 Å². The number of carboxylic acids is 1. The maximum absolute atomic E-state index is 13.1. The van der Waals surface area contributed by atoms with E-state index in [1.807, 2.05) is 18.2 Å². The van der Waals surface area contributed by atoms with E-state index in [9.17, 15) is 19.5 Å². The van der Waals surface area contributed by atoms with Gasteiger partial charge in [0.15, 0.2) is 6.61 Å². The van der Waals surface area contributed by atoms with Crippen LogP contribution in [0.4, 0.5) is 11.4 Å². The molecule has 1 aliphatic heterocycles. The maximum atomic E-state index is 13.1. The van der Waals surface area contributed by atoms with Gasteiger partial charge in [0.2, 0.25) is 0 Å². The molecule has 3 aromatic rings. The Kier molecular flexibility index (Phi) is 7.07. The zero-order valence-electron chi connectivity index (χ0n) is 18.6. The van der Waals surface area contributed by atoms with E-state index in [0.29, 0.717) is 34.0 Å². The Morgan fingerprint density at radius 3 is 2.60 bits per heavy atom. The van der Waals surface area contributed by atoms with Gasteiger partial charge in [-0.05, 0) is 61.5 Å². The van der Waals surface area contributed by atoms with Crippen molar-refractivity contribution >= 4 is 56.9 Å². The van der Waals surface area contributed by atoms with Crippen LogP contribution in [-0.4, -0.2) is 35.2 Å². The number of rotatable bonds is 7. The molecule has 0 aliphatic carbocycles. The molecule has 2 amide bonds. The minimum atomic E-state index is -1.10. The maximum Gasteiger partial charge on any atom is 0.335 e. The monoisotopic (exact) mass is 533 g/mol. The number of carbonyl (C=O) groups excluding carboxylic acids is 2. The third-order valence-corrected chi connectivity index (χ3v) is 5.58. The average Bonchev–Trinajstić information content (AvgIpc) is 3.12. The van der Waals surface area contributed by atoms with Crippen LogP contribution in [0.1, 0.15) is 22.8 Å². The molecule has 2 N–H and O–H groups in total. The van der Waals surface area contributed by atoms with Gasteiger partial charge in [0.25, 0.3) is 11.8 Å². The number of hydrazone groups is 1. The molecular weight excluding hydrogens is 514 g/mol. The van der Waals surface area contributed by atoms with Crippen LogP contribution in [0.15, 0.2) is 87.9 Å². The molecule has 4 rings (SSSR count). The smallest absolute Gasteiger partial charge is 0.335 e. The highest BCUT2D eigenvalue weighted by atomic mass is 79.9. The number of benzene rings is 3. The Hall–Kier alpha value is -4.24. The van der Waals surface area contributed by atoms with Gasteiger partial charge in [0.1, 0.15) is 5.75 Å². The number of hydrogen-bond donors (Lipinski definition) is 2. The van der Waals surface area contributed by atoms with E-state index in [4.69, 9.17) is 4.74 Å². The molecule has 35 heavy (non-hydrogen) atoms. The molecule has 0 spiro atoms.